The lowest BCUT2D eigenvalue weighted by Gasteiger charge is -2.08. The van der Waals surface area contributed by atoms with Crippen molar-refractivity contribution in [2.24, 2.45) is 0 Å². The van der Waals surface area contributed by atoms with Gasteiger partial charge in [-0.25, -0.2) is 17.5 Å². The molecule has 2 aromatic carbocycles. The van der Waals surface area contributed by atoms with Crippen molar-refractivity contribution in [3.63, 3.8) is 0 Å². The molecule has 0 saturated carbocycles. The van der Waals surface area contributed by atoms with E-state index in [1.807, 2.05) is 0 Å². The molecule has 0 spiro atoms. The molecule has 0 aliphatic carbocycles. The van der Waals surface area contributed by atoms with Crippen molar-refractivity contribution in [1.82, 2.24) is 10.0 Å². The van der Waals surface area contributed by atoms with Gasteiger partial charge in [-0.15, -0.1) is 0 Å². The number of hydrogen-bond acceptors (Lipinski definition) is 4. The summed E-state index contributed by atoms with van der Waals surface area (Å²) in [6.45, 7) is -0.181. The third-order valence-corrected chi connectivity index (χ3v) is 4.58. The second-order valence-electron chi connectivity index (χ2n) is 4.91. The lowest BCUT2D eigenvalue weighted by atomic mass is 10.2. The monoisotopic (exact) mass is 352 g/mol. The Kier molecular flexibility index (Phi) is 5.88. The molecular weight excluding hydrogens is 335 g/mol. The number of amides is 1. The molecule has 0 bridgehead atoms. The van der Waals surface area contributed by atoms with Crippen molar-refractivity contribution >= 4 is 15.9 Å². The van der Waals surface area contributed by atoms with E-state index in [2.05, 4.69) is 10.0 Å². The van der Waals surface area contributed by atoms with E-state index in [1.54, 1.807) is 31.4 Å². The van der Waals surface area contributed by atoms with Gasteiger partial charge in [0.2, 0.25) is 15.9 Å². The van der Waals surface area contributed by atoms with Crippen LogP contribution >= 0.6 is 0 Å². The van der Waals surface area contributed by atoms with Gasteiger partial charge in [0.05, 0.1) is 18.6 Å². The molecule has 2 N–H and O–H groups in total. The highest BCUT2D eigenvalue weighted by molar-refractivity contribution is 7.89. The molecule has 0 atom stereocenters. The molecule has 0 saturated heterocycles. The van der Waals surface area contributed by atoms with Crippen LogP contribution in [0.25, 0.3) is 0 Å². The number of hydrogen-bond donors (Lipinski definition) is 2. The van der Waals surface area contributed by atoms with Gasteiger partial charge in [0.15, 0.2) is 0 Å². The highest BCUT2D eigenvalue weighted by atomic mass is 32.2. The summed E-state index contributed by atoms with van der Waals surface area (Å²) in [6.07, 6.45) is 0. The molecular formula is C16H17FN2O4S. The average molecular weight is 352 g/mol. The Morgan fingerprint density at radius 2 is 1.88 bits per heavy atom. The van der Waals surface area contributed by atoms with E-state index in [0.717, 1.165) is 17.7 Å². The molecule has 0 aromatic heterocycles. The number of benzene rings is 2. The van der Waals surface area contributed by atoms with E-state index in [9.17, 15) is 17.6 Å². The molecule has 0 radical (unpaired) electrons. The summed E-state index contributed by atoms with van der Waals surface area (Å²) in [5, 5.41) is 2.59. The van der Waals surface area contributed by atoms with Crippen molar-refractivity contribution < 1.29 is 22.3 Å². The van der Waals surface area contributed by atoms with Gasteiger partial charge in [-0.2, -0.15) is 0 Å². The highest BCUT2D eigenvalue weighted by Crippen LogP contribution is 2.11. The van der Waals surface area contributed by atoms with Crippen molar-refractivity contribution in [3.8, 4) is 5.75 Å². The summed E-state index contributed by atoms with van der Waals surface area (Å²) >= 11 is 0. The van der Waals surface area contributed by atoms with Gasteiger partial charge in [0.1, 0.15) is 11.6 Å². The Morgan fingerprint density at radius 3 is 2.50 bits per heavy atom. The lowest BCUT2D eigenvalue weighted by Crippen LogP contribution is -2.36. The number of methoxy groups -OCH3 is 1. The number of ether oxygens (including phenoxy) is 1. The van der Waals surface area contributed by atoms with Crippen molar-refractivity contribution in [2.45, 2.75) is 11.4 Å². The second kappa shape index (κ2) is 7.89. The maximum absolute atomic E-state index is 13.1. The Bertz CT molecular complexity index is 807. The fourth-order valence-electron chi connectivity index (χ4n) is 1.88. The summed E-state index contributed by atoms with van der Waals surface area (Å²) in [7, 11) is -2.38. The molecule has 1 amide bonds. The number of rotatable bonds is 7. The zero-order valence-electron chi connectivity index (χ0n) is 13.0. The van der Waals surface area contributed by atoms with Crippen LogP contribution in [0.3, 0.4) is 0 Å². The molecule has 0 unspecified atom stereocenters. The number of halogens is 1. The normalized spacial score (nSPS) is 11.1. The molecule has 128 valence electrons. The van der Waals surface area contributed by atoms with E-state index in [1.165, 1.54) is 12.1 Å². The van der Waals surface area contributed by atoms with Crippen molar-refractivity contribution in [3.05, 3.63) is 59.9 Å². The third kappa shape index (κ3) is 5.04. The predicted molar refractivity (Wildman–Crippen MR) is 86.4 cm³/mol. The van der Waals surface area contributed by atoms with Crippen LogP contribution in [-0.2, 0) is 21.4 Å². The van der Waals surface area contributed by atoms with Crippen LogP contribution in [0.2, 0.25) is 0 Å². The van der Waals surface area contributed by atoms with Gasteiger partial charge in [0, 0.05) is 6.54 Å². The molecule has 2 aromatic rings. The molecule has 6 nitrogen and oxygen atoms in total. The summed E-state index contributed by atoms with van der Waals surface area (Å²) in [6, 6.07) is 11.7. The molecule has 0 heterocycles. The average Bonchev–Trinajstić information content (AvgIpc) is 2.58. The number of carbonyl (C=O) groups is 1. The molecule has 0 aliphatic heterocycles. The maximum Gasteiger partial charge on any atom is 0.241 e. The molecule has 2 rings (SSSR count). The summed E-state index contributed by atoms with van der Waals surface area (Å²) in [5.41, 5.74) is 0.845. The maximum atomic E-state index is 13.1. The van der Waals surface area contributed by atoms with E-state index in [4.69, 9.17) is 4.74 Å². The number of nitrogens with one attached hydrogen (secondary N) is 2. The predicted octanol–water partition coefficient (Wildman–Crippen LogP) is 1.43. The largest absolute Gasteiger partial charge is 0.497 e. The van der Waals surface area contributed by atoms with Gasteiger partial charge in [0.25, 0.3) is 0 Å². The van der Waals surface area contributed by atoms with Crippen LogP contribution in [0.5, 0.6) is 5.75 Å². The van der Waals surface area contributed by atoms with E-state index in [-0.39, 0.29) is 11.4 Å². The van der Waals surface area contributed by atoms with Gasteiger partial charge in [-0.3, -0.25) is 4.79 Å². The van der Waals surface area contributed by atoms with Crippen molar-refractivity contribution in [2.75, 3.05) is 13.7 Å². The standard InChI is InChI=1S/C16H17FN2O4S/c1-23-14-7-5-12(6-8-14)10-18-16(20)11-19-24(21,22)15-4-2-3-13(17)9-15/h2-9,19H,10-11H2,1H3,(H,18,20). The molecule has 0 fully saturated rings. The Hall–Kier alpha value is -2.45. The number of sulfonamides is 1. The van der Waals surface area contributed by atoms with Crippen molar-refractivity contribution in [1.29, 1.82) is 0 Å². The quantitative estimate of drug-likeness (QED) is 0.789. The SMILES string of the molecule is COc1ccc(CNC(=O)CNS(=O)(=O)c2cccc(F)c2)cc1. The Balaban J connectivity index is 1.86. The van der Waals surface area contributed by atoms with Gasteiger partial charge < -0.3 is 10.1 Å². The van der Waals surface area contributed by atoms with Gasteiger partial charge in [-0.05, 0) is 35.9 Å². The first-order chi connectivity index (χ1) is 11.4. The topological polar surface area (TPSA) is 84.5 Å². The molecule has 24 heavy (non-hydrogen) atoms. The zero-order chi connectivity index (χ0) is 17.6. The fraction of sp³-hybridized carbons (Fsp3) is 0.188. The number of carbonyl (C=O) groups excluding carboxylic acids is 1. The van der Waals surface area contributed by atoms with Crippen LogP contribution in [0, 0.1) is 5.82 Å². The van der Waals surface area contributed by atoms with Gasteiger partial charge >= 0.3 is 0 Å². The third-order valence-electron chi connectivity index (χ3n) is 3.18. The Labute approximate surface area is 139 Å². The summed E-state index contributed by atoms with van der Waals surface area (Å²) in [5.74, 6) is -0.458. The first-order valence-corrected chi connectivity index (χ1v) is 8.54. The van der Waals surface area contributed by atoms with E-state index in [0.29, 0.717) is 5.75 Å². The molecule has 8 heteroatoms. The second-order valence-corrected chi connectivity index (χ2v) is 6.67. The minimum Gasteiger partial charge on any atom is -0.497 e. The minimum absolute atomic E-state index is 0.231. The zero-order valence-corrected chi connectivity index (χ0v) is 13.8. The van der Waals surface area contributed by atoms with Crippen LogP contribution in [0.4, 0.5) is 4.39 Å². The van der Waals surface area contributed by atoms with E-state index < -0.39 is 28.3 Å². The smallest absolute Gasteiger partial charge is 0.241 e. The lowest BCUT2D eigenvalue weighted by molar-refractivity contribution is -0.120. The fourth-order valence-corrected chi connectivity index (χ4v) is 2.90. The Morgan fingerprint density at radius 1 is 1.17 bits per heavy atom. The highest BCUT2D eigenvalue weighted by Gasteiger charge is 2.15. The van der Waals surface area contributed by atoms with Crippen LogP contribution in [-0.4, -0.2) is 28.0 Å². The minimum atomic E-state index is -3.94. The van der Waals surface area contributed by atoms with E-state index >= 15 is 0 Å². The van der Waals surface area contributed by atoms with Crippen LogP contribution < -0.4 is 14.8 Å². The first-order valence-electron chi connectivity index (χ1n) is 7.05. The van der Waals surface area contributed by atoms with Gasteiger partial charge in [-0.1, -0.05) is 18.2 Å². The first kappa shape index (κ1) is 17.9. The molecule has 0 aliphatic rings. The summed E-state index contributed by atoms with van der Waals surface area (Å²) < 4.78 is 44.2. The van der Waals surface area contributed by atoms with Crippen LogP contribution in [0.15, 0.2) is 53.4 Å². The van der Waals surface area contributed by atoms with Crippen LogP contribution in [0.1, 0.15) is 5.56 Å². The summed E-state index contributed by atoms with van der Waals surface area (Å²) in [4.78, 5) is 11.5.